The summed E-state index contributed by atoms with van der Waals surface area (Å²) in [5, 5.41) is 17.3. The molecular weight excluding hydrogens is 340 g/mol. The van der Waals surface area contributed by atoms with Crippen molar-refractivity contribution in [2.45, 2.75) is 51.7 Å². The quantitative estimate of drug-likeness (QED) is 0.627. The Morgan fingerprint density at radius 1 is 1.28 bits per heavy atom. The number of carbonyl (C=O) groups is 1. The molecule has 1 fully saturated rings. The Labute approximate surface area is 152 Å². The Morgan fingerprint density at radius 3 is 2.64 bits per heavy atom. The van der Waals surface area contributed by atoms with Gasteiger partial charge in [0.25, 0.3) is 5.91 Å². The molecule has 1 amide bonds. The summed E-state index contributed by atoms with van der Waals surface area (Å²) in [5.41, 5.74) is 1.81. The number of amides is 1. The molecule has 6 heteroatoms. The number of benzene rings is 1. The molecule has 1 aliphatic rings. The van der Waals surface area contributed by atoms with Gasteiger partial charge in [-0.05, 0) is 38.0 Å². The number of aromatic nitrogens is 1. The van der Waals surface area contributed by atoms with Gasteiger partial charge in [-0.15, -0.1) is 0 Å². The number of nitrogens with one attached hydrogen (secondary N) is 1. The molecule has 1 saturated carbocycles. The number of rotatable bonds is 4. The Bertz CT molecular complexity index is 736. The standard InChI is InChI=1S/C19H23ClN2O3/c1-12-10-17(25-22-12)14-8-9-16(20)15(11-14)19(24)21-18(23)13-6-4-2-3-5-7-13/h8-11,13,18,23H,2-7H2,1H3,(H,21,24). The van der Waals surface area contributed by atoms with Gasteiger partial charge < -0.3 is 14.9 Å². The van der Waals surface area contributed by atoms with Crippen molar-refractivity contribution in [3.63, 3.8) is 0 Å². The van der Waals surface area contributed by atoms with Gasteiger partial charge in [0.15, 0.2) is 5.76 Å². The molecule has 1 aliphatic carbocycles. The third-order valence-corrected chi connectivity index (χ3v) is 5.08. The molecule has 1 aromatic heterocycles. The fourth-order valence-corrected chi connectivity index (χ4v) is 3.51. The van der Waals surface area contributed by atoms with Crippen LogP contribution in [0.15, 0.2) is 28.8 Å². The lowest BCUT2D eigenvalue weighted by molar-refractivity contribution is 0.0532. The largest absolute Gasteiger partial charge is 0.373 e. The van der Waals surface area contributed by atoms with Gasteiger partial charge in [-0.3, -0.25) is 4.79 Å². The van der Waals surface area contributed by atoms with E-state index in [-0.39, 0.29) is 11.8 Å². The molecular formula is C19H23ClN2O3. The minimum Gasteiger partial charge on any atom is -0.373 e. The molecule has 0 radical (unpaired) electrons. The summed E-state index contributed by atoms with van der Waals surface area (Å²) in [4.78, 5) is 12.6. The van der Waals surface area contributed by atoms with Gasteiger partial charge in [-0.25, -0.2) is 0 Å². The van der Waals surface area contributed by atoms with E-state index in [4.69, 9.17) is 16.1 Å². The molecule has 134 valence electrons. The maximum atomic E-state index is 12.6. The van der Waals surface area contributed by atoms with Gasteiger partial charge in [-0.2, -0.15) is 0 Å². The number of aliphatic hydroxyl groups is 1. The zero-order valence-electron chi connectivity index (χ0n) is 14.3. The number of aliphatic hydroxyl groups excluding tert-OH is 1. The number of hydrogen-bond acceptors (Lipinski definition) is 4. The van der Waals surface area contributed by atoms with Crippen molar-refractivity contribution in [1.29, 1.82) is 0 Å². The molecule has 5 nitrogen and oxygen atoms in total. The molecule has 2 N–H and O–H groups in total. The molecule has 1 atom stereocenters. The molecule has 3 rings (SSSR count). The lowest BCUT2D eigenvalue weighted by Crippen LogP contribution is -2.40. The molecule has 0 saturated heterocycles. The summed E-state index contributed by atoms with van der Waals surface area (Å²) in [6, 6.07) is 6.89. The fraction of sp³-hybridized carbons (Fsp3) is 0.474. The highest BCUT2D eigenvalue weighted by atomic mass is 35.5. The van der Waals surface area contributed by atoms with Crippen LogP contribution < -0.4 is 5.32 Å². The number of hydrogen-bond donors (Lipinski definition) is 2. The maximum Gasteiger partial charge on any atom is 0.254 e. The van der Waals surface area contributed by atoms with Gasteiger partial charge in [0.05, 0.1) is 16.3 Å². The van der Waals surface area contributed by atoms with E-state index in [0.29, 0.717) is 16.3 Å². The van der Waals surface area contributed by atoms with Crippen LogP contribution in [0.1, 0.15) is 54.6 Å². The third kappa shape index (κ3) is 4.41. The van der Waals surface area contributed by atoms with Crippen molar-refractivity contribution < 1.29 is 14.4 Å². The third-order valence-electron chi connectivity index (χ3n) is 4.75. The predicted octanol–water partition coefficient (Wildman–Crippen LogP) is 4.32. The van der Waals surface area contributed by atoms with Gasteiger partial charge in [0, 0.05) is 17.5 Å². The number of halogens is 1. The number of aryl methyl sites for hydroxylation is 1. The second kappa shape index (κ2) is 8.02. The Morgan fingerprint density at radius 2 is 2.00 bits per heavy atom. The van der Waals surface area contributed by atoms with Crippen LogP contribution >= 0.6 is 11.6 Å². The molecule has 1 unspecified atom stereocenters. The summed E-state index contributed by atoms with van der Waals surface area (Å²) in [7, 11) is 0. The van der Waals surface area contributed by atoms with Gasteiger partial charge >= 0.3 is 0 Å². The first-order valence-electron chi connectivity index (χ1n) is 8.77. The Hall–Kier alpha value is -1.85. The van der Waals surface area contributed by atoms with Crippen LogP contribution in [0.25, 0.3) is 11.3 Å². The van der Waals surface area contributed by atoms with Crippen molar-refractivity contribution >= 4 is 17.5 Å². The van der Waals surface area contributed by atoms with E-state index in [9.17, 15) is 9.90 Å². The maximum absolute atomic E-state index is 12.6. The van der Waals surface area contributed by atoms with Crippen molar-refractivity contribution in [3.05, 3.63) is 40.5 Å². The monoisotopic (exact) mass is 362 g/mol. The first kappa shape index (κ1) is 18.0. The summed E-state index contributed by atoms with van der Waals surface area (Å²) in [6.45, 7) is 1.83. The van der Waals surface area contributed by atoms with Crippen LogP contribution in [0, 0.1) is 12.8 Å². The summed E-state index contributed by atoms with van der Waals surface area (Å²) < 4.78 is 5.24. The van der Waals surface area contributed by atoms with Crippen molar-refractivity contribution in [3.8, 4) is 11.3 Å². The van der Waals surface area contributed by atoms with Crippen LogP contribution in [0.3, 0.4) is 0 Å². The normalized spacial score (nSPS) is 17.1. The van der Waals surface area contributed by atoms with E-state index in [1.54, 1.807) is 24.3 Å². The van der Waals surface area contributed by atoms with E-state index in [0.717, 1.165) is 36.9 Å². The van der Waals surface area contributed by atoms with Crippen LogP contribution in [0.5, 0.6) is 0 Å². The molecule has 0 aliphatic heterocycles. The first-order chi connectivity index (χ1) is 12.0. The average molecular weight is 363 g/mol. The Kier molecular flexibility index (Phi) is 5.76. The van der Waals surface area contributed by atoms with Crippen molar-refractivity contribution in [1.82, 2.24) is 10.5 Å². The van der Waals surface area contributed by atoms with Crippen LogP contribution in [0.2, 0.25) is 5.02 Å². The highest BCUT2D eigenvalue weighted by Gasteiger charge is 2.23. The molecule has 0 bridgehead atoms. The lowest BCUT2D eigenvalue weighted by atomic mass is 9.98. The SMILES string of the molecule is Cc1cc(-c2ccc(Cl)c(C(=O)NC(O)C3CCCCCC3)c2)on1. The second-order valence-corrected chi connectivity index (χ2v) is 7.10. The topological polar surface area (TPSA) is 75.4 Å². The van der Waals surface area contributed by atoms with Crippen molar-refractivity contribution in [2.75, 3.05) is 0 Å². The predicted molar refractivity (Wildman–Crippen MR) is 96.4 cm³/mol. The summed E-state index contributed by atoms with van der Waals surface area (Å²) >= 11 is 6.19. The lowest BCUT2D eigenvalue weighted by Gasteiger charge is -2.22. The van der Waals surface area contributed by atoms with Crippen LogP contribution in [-0.4, -0.2) is 22.4 Å². The number of carbonyl (C=O) groups excluding carboxylic acids is 1. The van der Waals surface area contributed by atoms with Gasteiger partial charge in [-0.1, -0.05) is 42.4 Å². The molecule has 25 heavy (non-hydrogen) atoms. The van der Waals surface area contributed by atoms with E-state index in [1.165, 1.54) is 12.8 Å². The van der Waals surface area contributed by atoms with E-state index < -0.39 is 6.23 Å². The van der Waals surface area contributed by atoms with E-state index in [1.807, 2.05) is 6.92 Å². The van der Waals surface area contributed by atoms with Crippen LogP contribution in [-0.2, 0) is 0 Å². The van der Waals surface area contributed by atoms with Gasteiger partial charge in [0.2, 0.25) is 0 Å². The molecule has 1 heterocycles. The minimum absolute atomic E-state index is 0.102. The van der Waals surface area contributed by atoms with E-state index >= 15 is 0 Å². The molecule has 2 aromatic rings. The first-order valence-corrected chi connectivity index (χ1v) is 9.14. The highest BCUT2D eigenvalue weighted by molar-refractivity contribution is 6.34. The average Bonchev–Trinajstić information content (AvgIpc) is 2.85. The summed E-state index contributed by atoms with van der Waals surface area (Å²) in [6.07, 6.45) is 5.61. The van der Waals surface area contributed by atoms with Crippen molar-refractivity contribution in [2.24, 2.45) is 5.92 Å². The molecule has 1 aromatic carbocycles. The minimum atomic E-state index is -0.849. The number of nitrogens with zero attached hydrogens (tertiary/aromatic N) is 1. The second-order valence-electron chi connectivity index (χ2n) is 6.70. The van der Waals surface area contributed by atoms with Gasteiger partial charge in [0.1, 0.15) is 6.23 Å². The smallest absolute Gasteiger partial charge is 0.254 e. The fourth-order valence-electron chi connectivity index (χ4n) is 3.31. The van der Waals surface area contributed by atoms with E-state index in [2.05, 4.69) is 10.5 Å². The summed E-state index contributed by atoms with van der Waals surface area (Å²) in [5.74, 6) is 0.303. The molecule has 0 spiro atoms. The van der Waals surface area contributed by atoms with Crippen LogP contribution in [0.4, 0.5) is 0 Å². The highest BCUT2D eigenvalue weighted by Crippen LogP contribution is 2.27. The zero-order chi connectivity index (χ0) is 17.8. The Balaban J connectivity index is 1.74. The zero-order valence-corrected chi connectivity index (χ0v) is 15.1.